The zero-order valence-corrected chi connectivity index (χ0v) is 11.0. The monoisotopic (exact) mass is 267 g/mol. The van der Waals surface area contributed by atoms with Gasteiger partial charge < -0.3 is 14.9 Å². The lowest BCUT2D eigenvalue weighted by Gasteiger charge is -2.13. The van der Waals surface area contributed by atoms with Gasteiger partial charge >= 0.3 is 0 Å². The van der Waals surface area contributed by atoms with Crippen molar-refractivity contribution in [3.8, 4) is 0 Å². The molecule has 0 radical (unpaired) electrons. The first-order chi connectivity index (χ1) is 8.54. The van der Waals surface area contributed by atoms with Gasteiger partial charge in [-0.05, 0) is 44.3 Å². The van der Waals surface area contributed by atoms with Crippen LogP contribution in [0.4, 0.5) is 4.39 Å². The second-order valence-corrected chi connectivity index (χ2v) is 4.42. The van der Waals surface area contributed by atoms with E-state index in [2.05, 4.69) is 10.3 Å². The number of benzene rings is 1. The number of rotatable bonds is 3. The van der Waals surface area contributed by atoms with Gasteiger partial charge in [0.2, 0.25) is 5.91 Å². The minimum Gasteiger partial charge on any atom is -0.355 e. The maximum atomic E-state index is 13.1. The van der Waals surface area contributed by atoms with Crippen LogP contribution in [0.2, 0.25) is 0 Å². The van der Waals surface area contributed by atoms with Gasteiger partial charge in [0, 0.05) is 6.54 Å². The fourth-order valence-electron chi connectivity index (χ4n) is 1.93. The molecule has 4 nitrogen and oxygen atoms in total. The van der Waals surface area contributed by atoms with Gasteiger partial charge in [0.25, 0.3) is 0 Å². The first kappa shape index (κ1) is 12.8. The highest BCUT2D eigenvalue weighted by Crippen LogP contribution is 2.20. The number of H-pyrrole nitrogens is 1. The number of aromatic nitrogens is 2. The third-order valence-electron chi connectivity index (χ3n) is 2.80. The lowest BCUT2D eigenvalue weighted by atomic mass is 10.2. The third-order valence-corrected chi connectivity index (χ3v) is 3.10. The maximum absolute atomic E-state index is 13.1. The summed E-state index contributed by atoms with van der Waals surface area (Å²) in [7, 11) is 0. The molecule has 1 aromatic carbocycles. The Hall–Kier alpha value is -1.69. The Morgan fingerprint density at radius 2 is 2.33 bits per heavy atom. The van der Waals surface area contributed by atoms with E-state index in [4.69, 9.17) is 12.2 Å². The second-order valence-electron chi connectivity index (χ2n) is 4.03. The number of hydrogen-bond donors (Lipinski definition) is 2. The van der Waals surface area contributed by atoms with Crippen molar-refractivity contribution >= 4 is 29.2 Å². The van der Waals surface area contributed by atoms with Crippen LogP contribution in [0.15, 0.2) is 18.2 Å². The number of carbonyl (C=O) groups is 1. The Bertz CT molecular complexity index is 646. The van der Waals surface area contributed by atoms with E-state index >= 15 is 0 Å². The lowest BCUT2D eigenvalue weighted by Crippen LogP contribution is -2.30. The molecule has 2 aromatic rings. The van der Waals surface area contributed by atoms with Crippen LogP contribution in [-0.2, 0) is 4.79 Å². The van der Waals surface area contributed by atoms with E-state index in [0.29, 0.717) is 16.8 Å². The second kappa shape index (κ2) is 4.89. The molecular formula is C12H14FN3OS. The summed E-state index contributed by atoms with van der Waals surface area (Å²) in [6, 6.07) is 3.90. The van der Waals surface area contributed by atoms with Crippen LogP contribution < -0.4 is 5.32 Å². The number of halogens is 1. The van der Waals surface area contributed by atoms with Crippen molar-refractivity contribution in [2.24, 2.45) is 0 Å². The minimum atomic E-state index is -0.434. The van der Waals surface area contributed by atoms with Gasteiger partial charge in [-0.1, -0.05) is 0 Å². The average Bonchev–Trinajstić information content (AvgIpc) is 2.63. The fourth-order valence-corrected chi connectivity index (χ4v) is 2.29. The molecule has 0 aliphatic rings. The van der Waals surface area contributed by atoms with Crippen molar-refractivity contribution < 1.29 is 9.18 Å². The molecular weight excluding hydrogens is 253 g/mol. The molecule has 1 amide bonds. The zero-order chi connectivity index (χ0) is 13.3. The summed E-state index contributed by atoms with van der Waals surface area (Å²) in [5.41, 5.74) is 1.32. The van der Waals surface area contributed by atoms with Crippen molar-refractivity contribution in [1.29, 1.82) is 0 Å². The summed E-state index contributed by atoms with van der Waals surface area (Å²) in [5.74, 6) is -0.449. The molecule has 0 spiro atoms. The van der Waals surface area contributed by atoms with Crippen LogP contribution in [0.3, 0.4) is 0 Å². The summed E-state index contributed by atoms with van der Waals surface area (Å²) in [5, 5.41) is 2.74. The molecule has 2 N–H and O–H groups in total. The van der Waals surface area contributed by atoms with Crippen LogP contribution in [0.5, 0.6) is 0 Å². The summed E-state index contributed by atoms with van der Waals surface area (Å²) in [4.78, 5) is 14.7. The van der Waals surface area contributed by atoms with Gasteiger partial charge in [-0.25, -0.2) is 4.39 Å². The predicted molar refractivity (Wildman–Crippen MR) is 70.5 cm³/mol. The lowest BCUT2D eigenvalue weighted by molar-refractivity contribution is -0.123. The van der Waals surface area contributed by atoms with Gasteiger partial charge in [-0.2, -0.15) is 0 Å². The third kappa shape index (κ3) is 2.15. The van der Waals surface area contributed by atoms with E-state index in [1.807, 2.05) is 6.92 Å². The molecule has 2 rings (SSSR count). The quantitative estimate of drug-likeness (QED) is 0.840. The number of nitrogens with zero attached hydrogens (tertiary/aromatic N) is 1. The van der Waals surface area contributed by atoms with Gasteiger partial charge in [-0.3, -0.25) is 4.79 Å². The Morgan fingerprint density at radius 1 is 1.61 bits per heavy atom. The van der Waals surface area contributed by atoms with E-state index in [1.54, 1.807) is 17.6 Å². The Balaban J connectivity index is 2.54. The highest BCUT2D eigenvalue weighted by atomic mass is 32.1. The Kier molecular flexibility index (Phi) is 3.47. The van der Waals surface area contributed by atoms with E-state index < -0.39 is 6.04 Å². The molecule has 0 aliphatic heterocycles. The van der Waals surface area contributed by atoms with E-state index in [9.17, 15) is 9.18 Å². The highest BCUT2D eigenvalue weighted by molar-refractivity contribution is 7.71. The molecule has 0 fully saturated rings. The molecule has 96 valence electrons. The largest absolute Gasteiger partial charge is 0.355 e. The first-order valence-corrected chi connectivity index (χ1v) is 6.13. The summed E-state index contributed by atoms with van der Waals surface area (Å²) in [6.45, 7) is 4.18. The van der Waals surface area contributed by atoms with Gasteiger partial charge in [0.15, 0.2) is 4.77 Å². The van der Waals surface area contributed by atoms with Crippen LogP contribution in [-0.4, -0.2) is 22.0 Å². The van der Waals surface area contributed by atoms with Crippen LogP contribution in [0.1, 0.15) is 19.9 Å². The highest BCUT2D eigenvalue weighted by Gasteiger charge is 2.17. The van der Waals surface area contributed by atoms with Gasteiger partial charge in [0.05, 0.1) is 11.0 Å². The number of carbonyl (C=O) groups excluding carboxylic acids is 1. The van der Waals surface area contributed by atoms with E-state index in [0.717, 1.165) is 5.52 Å². The van der Waals surface area contributed by atoms with Crippen molar-refractivity contribution in [2.45, 2.75) is 19.9 Å². The molecule has 0 bridgehead atoms. The van der Waals surface area contributed by atoms with Crippen molar-refractivity contribution in [1.82, 2.24) is 14.9 Å². The predicted octanol–water partition coefficient (Wildman–Crippen LogP) is 2.54. The number of imidazole rings is 1. The number of likely N-dealkylation sites (N-methyl/N-ethyl adjacent to an activating group) is 1. The van der Waals surface area contributed by atoms with Gasteiger partial charge in [0.1, 0.15) is 11.9 Å². The molecule has 0 saturated carbocycles. The molecule has 1 atom stereocenters. The van der Waals surface area contributed by atoms with Crippen LogP contribution in [0, 0.1) is 10.6 Å². The van der Waals surface area contributed by atoms with Crippen LogP contribution >= 0.6 is 12.2 Å². The first-order valence-electron chi connectivity index (χ1n) is 5.72. The topological polar surface area (TPSA) is 49.8 Å². The molecule has 1 aromatic heterocycles. The molecule has 0 aliphatic carbocycles. The van der Waals surface area contributed by atoms with E-state index in [-0.39, 0.29) is 11.7 Å². The molecule has 1 unspecified atom stereocenters. The summed E-state index contributed by atoms with van der Waals surface area (Å²) < 4.78 is 15.2. The molecule has 18 heavy (non-hydrogen) atoms. The molecule has 6 heteroatoms. The van der Waals surface area contributed by atoms with E-state index in [1.165, 1.54) is 12.1 Å². The van der Waals surface area contributed by atoms with Gasteiger partial charge in [-0.15, -0.1) is 0 Å². The molecule has 1 heterocycles. The number of fused-ring (bicyclic) bond motifs is 1. The SMILES string of the molecule is CCNC(=O)C(C)n1c(=S)[nH]c2cc(F)ccc21. The fraction of sp³-hybridized carbons (Fsp3) is 0.333. The normalized spacial score (nSPS) is 12.6. The number of aromatic amines is 1. The maximum Gasteiger partial charge on any atom is 0.242 e. The van der Waals surface area contributed by atoms with Crippen LogP contribution in [0.25, 0.3) is 11.0 Å². The average molecular weight is 267 g/mol. The molecule has 0 saturated heterocycles. The summed E-state index contributed by atoms with van der Waals surface area (Å²) in [6.07, 6.45) is 0. The summed E-state index contributed by atoms with van der Waals surface area (Å²) >= 11 is 5.18. The Morgan fingerprint density at radius 3 is 3.00 bits per heavy atom. The van der Waals surface area contributed by atoms with Crippen molar-refractivity contribution in [3.05, 3.63) is 28.8 Å². The minimum absolute atomic E-state index is 0.112. The Labute approximate surface area is 109 Å². The standard InChI is InChI=1S/C12H14FN3OS/c1-3-14-11(17)7(2)16-10-5-4-8(13)6-9(10)15-12(16)18/h4-7H,3H2,1-2H3,(H,14,17)(H,15,18). The number of hydrogen-bond acceptors (Lipinski definition) is 2. The zero-order valence-electron chi connectivity index (χ0n) is 10.2. The smallest absolute Gasteiger partial charge is 0.242 e. The number of amides is 1. The van der Waals surface area contributed by atoms with Crippen molar-refractivity contribution in [2.75, 3.05) is 6.54 Å². The van der Waals surface area contributed by atoms with Crippen molar-refractivity contribution in [3.63, 3.8) is 0 Å². The number of nitrogens with one attached hydrogen (secondary N) is 2.